The standard InChI is InChI=1S/C16H26N4O4/c1-3-23-10-6-7-17-16(22)13-11-15(19(2)18-13)24-12-14(21)20-8-4-5-9-20/h11H,3-10,12H2,1-2H3,(H,17,22). The second kappa shape index (κ2) is 9.27. The van der Waals surface area contributed by atoms with Gasteiger partial charge in [0.2, 0.25) is 5.88 Å². The van der Waals surface area contributed by atoms with Gasteiger partial charge in [0.05, 0.1) is 0 Å². The van der Waals surface area contributed by atoms with Gasteiger partial charge in [-0.25, -0.2) is 4.68 Å². The van der Waals surface area contributed by atoms with Crippen LogP contribution in [0.5, 0.6) is 5.88 Å². The molecule has 2 heterocycles. The Kier molecular flexibility index (Phi) is 7.05. The van der Waals surface area contributed by atoms with Crippen LogP contribution in [0.4, 0.5) is 0 Å². The fourth-order valence-electron chi connectivity index (χ4n) is 2.50. The highest BCUT2D eigenvalue weighted by Crippen LogP contribution is 2.13. The van der Waals surface area contributed by atoms with Gasteiger partial charge in [0.15, 0.2) is 12.3 Å². The minimum Gasteiger partial charge on any atom is -0.468 e. The third-order valence-corrected chi connectivity index (χ3v) is 3.83. The van der Waals surface area contributed by atoms with Gasteiger partial charge >= 0.3 is 0 Å². The smallest absolute Gasteiger partial charge is 0.271 e. The molecule has 1 N–H and O–H groups in total. The van der Waals surface area contributed by atoms with Gasteiger partial charge in [-0.15, -0.1) is 0 Å². The highest BCUT2D eigenvalue weighted by atomic mass is 16.5. The lowest BCUT2D eigenvalue weighted by Crippen LogP contribution is -2.32. The second-order valence-corrected chi connectivity index (χ2v) is 5.67. The van der Waals surface area contributed by atoms with E-state index in [1.165, 1.54) is 4.68 Å². The van der Waals surface area contributed by atoms with E-state index in [1.54, 1.807) is 18.0 Å². The summed E-state index contributed by atoms with van der Waals surface area (Å²) in [7, 11) is 1.68. The molecule has 1 aromatic heterocycles. The first-order chi connectivity index (χ1) is 11.6. The van der Waals surface area contributed by atoms with E-state index in [-0.39, 0.29) is 24.1 Å². The second-order valence-electron chi connectivity index (χ2n) is 5.67. The van der Waals surface area contributed by atoms with Gasteiger partial charge in [0, 0.05) is 46.0 Å². The first-order valence-electron chi connectivity index (χ1n) is 8.42. The molecule has 8 heteroatoms. The number of hydrogen-bond donors (Lipinski definition) is 1. The molecule has 1 fully saturated rings. The zero-order chi connectivity index (χ0) is 17.4. The molecular formula is C16H26N4O4. The summed E-state index contributed by atoms with van der Waals surface area (Å²) in [6, 6.07) is 1.55. The van der Waals surface area contributed by atoms with E-state index >= 15 is 0 Å². The van der Waals surface area contributed by atoms with Gasteiger partial charge in [-0.3, -0.25) is 9.59 Å². The first-order valence-corrected chi connectivity index (χ1v) is 8.42. The zero-order valence-electron chi connectivity index (χ0n) is 14.4. The van der Waals surface area contributed by atoms with Crippen molar-refractivity contribution in [1.29, 1.82) is 0 Å². The van der Waals surface area contributed by atoms with Crippen molar-refractivity contribution >= 4 is 11.8 Å². The fraction of sp³-hybridized carbons (Fsp3) is 0.688. The van der Waals surface area contributed by atoms with Crippen molar-refractivity contribution in [3.63, 3.8) is 0 Å². The highest BCUT2D eigenvalue weighted by Gasteiger charge is 2.19. The Morgan fingerprint density at radius 2 is 2.08 bits per heavy atom. The van der Waals surface area contributed by atoms with Crippen molar-refractivity contribution in [3.8, 4) is 5.88 Å². The van der Waals surface area contributed by atoms with Crippen molar-refractivity contribution < 1.29 is 19.1 Å². The lowest BCUT2D eigenvalue weighted by molar-refractivity contribution is -0.132. The Balaban J connectivity index is 1.78. The van der Waals surface area contributed by atoms with E-state index in [0.717, 1.165) is 32.4 Å². The molecule has 0 bridgehead atoms. The van der Waals surface area contributed by atoms with Gasteiger partial charge < -0.3 is 19.7 Å². The van der Waals surface area contributed by atoms with Crippen LogP contribution in [0.2, 0.25) is 0 Å². The number of ether oxygens (including phenoxy) is 2. The van der Waals surface area contributed by atoms with Crippen LogP contribution in [0.15, 0.2) is 6.07 Å². The third kappa shape index (κ3) is 5.23. The molecule has 0 aromatic carbocycles. The number of carbonyl (C=O) groups excluding carboxylic acids is 2. The Bertz CT molecular complexity index is 552. The van der Waals surface area contributed by atoms with Crippen LogP contribution in [0.1, 0.15) is 36.7 Å². The maximum atomic E-state index is 12.0. The maximum Gasteiger partial charge on any atom is 0.271 e. The molecule has 0 atom stereocenters. The molecule has 134 valence electrons. The predicted molar refractivity (Wildman–Crippen MR) is 88.0 cm³/mol. The van der Waals surface area contributed by atoms with Crippen molar-refractivity contribution in [3.05, 3.63) is 11.8 Å². The summed E-state index contributed by atoms with van der Waals surface area (Å²) in [5, 5.41) is 6.91. The average Bonchev–Trinajstić information content (AvgIpc) is 3.22. The number of hydrogen-bond acceptors (Lipinski definition) is 5. The summed E-state index contributed by atoms with van der Waals surface area (Å²) < 4.78 is 12.2. The molecule has 2 amide bonds. The quantitative estimate of drug-likeness (QED) is 0.666. The molecule has 24 heavy (non-hydrogen) atoms. The Hall–Kier alpha value is -2.09. The van der Waals surface area contributed by atoms with Crippen LogP contribution in [-0.2, 0) is 16.6 Å². The molecule has 1 aliphatic rings. The Labute approximate surface area is 142 Å². The minimum atomic E-state index is -0.261. The number of likely N-dealkylation sites (tertiary alicyclic amines) is 1. The summed E-state index contributed by atoms with van der Waals surface area (Å²) in [6.07, 6.45) is 2.84. The molecule has 1 aromatic rings. The highest BCUT2D eigenvalue weighted by molar-refractivity contribution is 5.92. The lowest BCUT2D eigenvalue weighted by atomic mass is 10.3. The lowest BCUT2D eigenvalue weighted by Gasteiger charge is -2.15. The molecule has 2 rings (SSSR count). The SMILES string of the molecule is CCOCCCNC(=O)c1cc(OCC(=O)N2CCCC2)n(C)n1. The molecule has 0 spiro atoms. The molecule has 0 radical (unpaired) electrons. The molecule has 0 saturated carbocycles. The number of rotatable bonds is 9. The Morgan fingerprint density at radius 1 is 1.33 bits per heavy atom. The molecule has 0 aliphatic carbocycles. The summed E-state index contributed by atoms with van der Waals surface area (Å²) in [6.45, 7) is 5.30. The van der Waals surface area contributed by atoms with Crippen LogP contribution >= 0.6 is 0 Å². The number of aromatic nitrogens is 2. The number of nitrogens with one attached hydrogen (secondary N) is 1. The molecular weight excluding hydrogens is 312 g/mol. The summed E-state index contributed by atoms with van der Waals surface area (Å²) >= 11 is 0. The Morgan fingerprint density at radius 3 is 2.79 bits per heavy atom. The fourth-order valence-corrected chi connectivity index (χ4v) is 2.50. The number of carbonyl (C=O) groups is 2. The predicted octanol–water partition coefficient (Wildman–Crippen LogP) is 0.578. The normalized spacial score (nSPS) is 14.0. The first kappa shape index (κ1) is 18.3. The van der Waals surface area contributed by atoms with Crippen molar-refractivity contribution in [2.75, 3.05) is 39.5 Å². The van der Waals surface area contributed by atoms with E-state index in [2.05, 4.69) is 10.4 Å². The molecule has 1 saturated heterocycles. The van der Waals surface area contributed by atoms with E-state index in [9.17, 15) is 9.59 Å². The van der Waals surface area contributed by atoms with Crippen molar-refractivity contribution in [1.82, 2.24) is 20.0 Å². The van der Waals surface area contributed by atoms with Crippen LogP contribution in [0.3, 0.4) is 0 Å². The molecule has 8 nitrogen and oxygen atoms in total. The number of nitrogens with zero attached hydrogens (tertiary/aromatic N) is 3. The summed E-state index contributed by atoms with van der Waals surface area (Å²) in [4.78, 5) is 25.8. The van der Waals surface area contributed by atoms with Crippen LogP contribution in [-0.4, -0.2) is 65.9 Å². The van der Waals surface area contributed by atoms with Gasteiger partial charge in [0.25, 0.3) is 11.8 Å². The van der Waals surface area contributed by atoms with E-state index in [0.29, 0.717) is 25.6 Å². The van der Waals surface area contributed by atoms with Crippen LogP contribution < -0.4 is 10.1 Å². The summed E-state index contributed by atoms with van der Waals surface area (Å²) in [5.41, 5.74) is 0.275. The number of amides is 2. The van der Waals surface area contributed by atoms with Gasteiger partial charge in [-0.1, -0.05) is 0 Å². The summed E-state index contributed by atoms with van der Waals surface area (Å²) in [5.74, 6) is 0.112. The monoisotopic (exact) mass is 338 g/mol. The average molecular weight is 338 g/mol. The third-order valence-electron chi connectivity index (χ3n) is 3.83. The van der Waals surface area contributed by atoms with Gasteiger partial charge in [-0.2, -0.15) is 5.10 Å². The zero-order valence-corrected chi connectivity index (χ0v) is 14.4. The molecule has 0 unspecified atom stereocenters. The number of aryl methyl sites for hydroxylation is 1. The van der Waals surface area contributed by atoms with Crippen molar-refractivity contribution in [2.24, 2.45) is 7.05 Å². The minimum absolute atomic E-state index is 0.0318. The van der Waals surface area contributed by atoms with E-state index in [4.69, 9.17) is 9.47 Å². The van der Waals surface area contributed by atoms with Gasteiger partial charge in [-0.05, 0) is 26.2 Å². The van der Waals surface area contributed by atoms with E-state index < -0.39 is 0 Å². The van der Waals surface area contributed by atoms with Crippen LogP contribution in [0.25, 0.3) is 0 Å². The largest absolute Gasteiger partial charge is 0.468 e. The van der Waals surface area contributed by atoms with Crippen LogP contribution in [0, 0.1) is 0 Å². The molecule has 1 aliphatic heterocycles. The van der Waals surface area contributed by atoms with Crippen molar-refractivity contribution in [2.45, 2.75) is 26.2 Å². The topological polar surface area (TPSA) is 85.7 Å². The van der Waals surface area contributed by atoms with Gasteiger partial charge in [0.1, 0.15) is 0 Å². The maximum absolute atomic E-state index is 12.0. The van der Waals surface area contributed by atoms with E-state index in [1.807, 2.05) is 6.92 Å².